The topological polar surface area (TPSA) is 74.4 Å². The van der Waals surface area contributed by atoms with E-state index in [4.69, 9.17) is 0 Å². The first-order valence-electron chi connectivity index (χ1n) is 8.98. The number of phenolic OH excluding ortho intramolecular Hbond substituents is 1. The van der Waals surface area contributed by atoms with Crippen LogP contribution in [-0.4, -0.2) is 49.3 Å². The number of benzene rings is 1. The maximum absolute atomic E-state index is 10.0. The Kier molecular flexibility index (Phi) is 4.55. The molecule has 1 fully saturated rings. The lowest BCUT2D eigenvalue weighted by Gasteiger charge is -2.25. The lowest BCUT2D eigenvalue weighted by molar-refractivity contribution is 0.129. The van der Waals surface area contributed by atoms with Gasteiger partial charge in [0.25, 0.3) is 0 Å². The largest absolute Gasteiger partial charge is 0.508 e. The summed E-state index contributed by atoms with van der Waals surface area (Å²) in [4.78, 5) is 2.35. The Hall–Kier alpha value is -2.18. The first-order chi connectivity index (χ1) is 12.2. The molecule has 25 heavy (non-hydrogen) atoms. The third-order valence-electron chi connectivity index (χ3n) is 5.26. The van der Waals surface area contributed by atoms with Gasteiger partial charge in [-0.15, -0.1) is 5.10 Å². The molecular weight excluding hydrogens is 316 g/mol. The van der Waals surface area contributed by atoms with E-state index in [2.05, 4.69) is 21.3 Å². The molecule has 0 unspecified atom stereocenters. The Labute approximate surface area is 147 Å². The van der Waals surface area contributed by atoms with Gasteiger partial charge in [0.1, 0.15) is 5.75 Å². The van der Waals surface area contributed by atoms with Crippen molar-refractivity contribution in [1.29, 1.82) is 0 Å². The maximum Gasteiger partial charge on any atom is 0.115 e. The third kappa shape index (κ3) is 3.60. The van der Waals surface area contributed by atoms with E-state index < -0.39 is 0 Å². The second-order valence-electron chi connectivity index (χ2n) is 7.02. The molecule has 0 amide bonds. The zero-order valence-electron chi connectivity index (χ0n) is 14.3. The monoisotopic (exact) mass is 340 g/mol. The first kappa shape index (κ1) is 16.3. The molecule has 1 aliphatic heterocycles. The van der Waals surface area contributed by atoms with Gasteiger partial charge in [-0.05, 0) is 49.0 Å². The van der Waals surface area contributed by atoms with Gasteiger partial charge in [-0.25, -0.2) is 4.68 Å². The number of aromatic hydroxyl groups is 1. The van der Waals surface area contributed by atoms with Crippen LogP contribution in [-0.2, 0) is 6.54 Å². The number of nitrogens with zero attached hydrogens (tertiary/aromatic N) is 4. The molecule has 1 aliphatic carbocycles. The summed E-state index contributed by atoms with van der Waals surface area (Å²) in [5.74, 6) is 0.303. The summed E-state index contributed by atoms with van der Waals surface area (Å²) >= 11 is 0. The molecule has 1 saturated carbocycles. The SMILES string of the molecule is Oc1ccc(C2=CCN(Cc3cn([C@@H]4CCC[C@H]4O)nn3)CC2)cc1. The Balaban J connectivity index is 1.37. The maximum atomic E-state index is 10.0. The molecule has 0 bridgehead atoms. The molecule has 132 valence electrons. The highest BCUT2D eigenvalue weighted by atomic mass is 16.3. The van der Waals surface area contributed by atoms with Crippen LogP contribution >= 0.6 is 0 Å². The molecule has 2 heterocycles. The fraction of sp³-hybridized carbons (Fsp3) is 0.474. The van der Waals surface area contributed by atoms with Crippen molar-refractivity contribution in [1.82, 2.24) is 19.9 Å². The van der Waals surface area contributed by atoms with Crippen molar-refractivity contribution in [3.05, 3.63) is 47.8 Å². The molecule has 0 radical (unpaired) electrons. The van der Waals surface area contributed by atoms with Gasteiger partial charge in [-0.2, -0.15) is 0 Å². The minimum absolute atomic E-state index is 0.0867. The molecule has 0 spiro atoms. The van der Waals surface area contributed by atoms with E-state index >= 15 is 0 Å². The van der Waals surface area contributed by atoms with Gasteiger partial charge < -0.3 is 10.2 Å². The molecule has 2 N–H and O–H groups in total. The Bertz CT molecular complexity index is 753. The number of aliphatic hydroxyl groups excluding tert-OH is 1. The van der Waals surface area contributed by atoms with Crippen LogP contribution in [0, 0.1) is 0 Å². The lowest BCUT2D eigenvalue weighted by atomic mass is 9.99. The Morgan fingerprint density at radius 1 is 1.16 bits per heavy atom. The number of rotatable bonds is 4. The second-order valence-corrected chi connectivity index (χ2v) is 7.02. The van der Waals surface area contributed by atoms with Crippen LogP contribution in [0.3, 0.4) is 0 Å². The molecule has 4 rings (SSSR count). The fourth-order valence-corrected chi connectivity index (χ4v) is 3.80. The van der Waals surface area contributed by atoms with Gasteiger partial charge in [0, 0.05) is 19.6 Å². The van der Waals surface area contributed by atoms with Gasteiger partial charge in [0.2, 0.25) is 0 Å². The molecule has 2 aromatic rings. The van der Waals surface area contributed by atoms with E-state index in [1.54, 1.807) is 12.1 Å². The summed E-state index contributed by atoms with van der Waals surface area (Å²) in [6.45, 7) is 2.64. The van der Waals surface area contributed by atoms with Crippen molar-refractivity contribution in [2.75, 3.05) is 13.1 Å². The highest BCUT2D eigenvalue weighted by Crippen LogP contribution is 2.29. The number of hydrogen-bond donors (Lipinski definition) is 2. The van der Waals surface area contributed by atoms with Gasteiger partial charge in [-0.3, -0.25) is 4.90 Å². The summed E-state index contributed by atoms with van der Waals surface area (Å²) < 4.78 is 1.84. The van der Waals surface area contributed by atoms with Crippen LogP contribution in [0.2, 0.25) is 0 Å². The van der Waals surface area contributed by atoms with Crippen LogP contribution in [0.15, 0.2) is 36.5 Å². The van der Waals surface area contributed by atoms with Crippen LogP contribution in [0.5, 0.6) is 5.75 Å². The van der Waals surface area contributed by atoms with Crippen LogP contribution in [0.1, 0.15) is 43.0 Å². The smallest absolute Gasteiger partial charge is 0.115 e. The van der Waals surface area contributed by atoms with Gasteiger partial charge >= 0.3 is 0 Å². The molecule has 2 aliphatic rings. The zero-order valence-corrected chi connectivity index (χ0v) is 14.3. The van der Waals surface area contributed by atoms with Gasteiger partial charge in [0.05, 0.1) is 24.0 Å². The predicted molar refractivity (Wildman–Crippen MR) is 94.9 cm³/mol. The fourth-order valence-electron chi connectivity index (χ4n) is 3.80. The Morgan fingerprint density at radius 2 is 2.00 bits per heavy atom. The van der Waals surface area contributed by atoms with E-state index in [9.17, 15) is 10.2 Å². The Morgan fingerprint density at radius 3 is 2.68 bits per heavy atom. The van der Waals surface area contributed by atoms with Crippen molar-refractivity contribution in [2.45, 2.75) is 44.4 Å². The van der Waals surface area contributed by atoms with Crippen molar-refractivity contribution in [3.63, 3.8) is 0 Å². The molecule has 1 aromatic heterocycles. The minimum Gasteiger partial charge on any atom is -0.508 e. The van der Waals surface area contributed by atoms with E-state index in [-0.39, 0.29) is 12.1 Å². The minimum atomic E-state index is -0.291. The highest BCUT2D eigenvalue weighted by Gasteiger charge is 2.28. The van der Waals surface area contributed by atoms with Crippen LogP contribution in [0.4, 0.5) is 0 Å². The molecule has 2 atom stereocenters. The summed E-state index contributed by atoms with van der Waals surface area (Å²) in [6.07, 6.45) is 7.82. The average Bonchev–Trinajstić information content (AvgIpc) is 3.25. The van der Waals surface area contributed by atoms with Crippen molar-refractivity contribution >= 4 is 5.57 Å². The van der Waals surface area contributed by atoms with E-state index in [1.165, 1.54) is 11.1 Å². The summed E-state index contributed by atoms with van der Waals surface area (Å²) in [7, 11) is 0. The normalized spacial score (nSPS) is 24.4. The van der Waals surface area contributed by atoms with E-state index in [1.807, 2.05) is 23.0 Å². The second kappa shape index (κ2) is 6.98. The highest BCUT2D eigenvalue weighted by molar-refractivity contribution is 5.67. The first-order valence-corrected chi connectivity index (χ1v) is 8.98. The van der Waals surface area contributed by atoms with Crippen LogP contribution < -0.4 is 0 Å². The standard InChI is InChI=1S/C19H24N4O2/c24-17-6-4-14(5-7-17)15-8-10-22(11-9-15)12-16-13-23(21-20-16)18-2-1-3-19(18)25/h4-8,13,18-19,24-25H,1-3,9-12H2/t18-,19-/m1/s1. The van der Waals surface area contributed by atoms with E-state index in [0.717, 1.165) is 51.0 Å². The predicted octanol–water partition coefficient (Wildman–Crippen LogP) is 2.36. The molecule has 6 nitrogen and oxygen atoms in total. The average molecular weight is 340 g/mol. The molecule has 1 aromatic carbocycles. The third-order valence-corrected chi connectivity index (χ3v) is 5.26. The van der Waals surface area contributed by atoms with Crippen molar-refractivity contribution < 1.29 is 10.2 Å². The number of hydrogen-bond acceptors (Lipinski definition) is 5. The summed E-state index contributed by atoms with van der Waals surface area (Å²) in [5.41, 5.74) is 3.47. The van der Waals surface area contributed by atoms with Crippen molar-refractivity contribution in [2.24, 2.45) is 0 Å². The molecule has 6 heteroatoms. The van der Waals surface area contributed by atoms with Crippen LogP contribution in [0.25, 0.3) is 5.57 Å². The summed E-state index contributed by atoms with van der Waals surface area (Å²) in [5, 5.41) is 27.9. The van der Waals surface area contributed by atoms with Gasteiger partial charge in [-0.1, -0.05) is 23.4 Å². The lowest BCUT2D eigenvalue weighted by Crippen LogP contribution is -2.28. The summed E-state index contributed by atoms with van der Waals surface area (Å²) in [6, 6.07) is 7.49. The molecule has 0 saturated heterocycles. The van der Waals surface area contributed by atoms with Crippen molar-refractivity contribution in [3.8, 4) is 5.75 Å². The molecular formula is C19H24N4O2. The quantitative estimate of drug-likeness (QED) is 0.894. The number of aromatic nitrogens is 3. The zero-order chi connectivity index (χ0) is 17.2. The number of aliphatic hydroxyl groups is 1. The van der Waals surface area contributed by atoms with Gasteiger partial charge in [0.15, 0.2) is 0 Å². The number of phenols is 1. The van der Waals surface area contributed by atoms with E-state index in [0.29, 0.717) is 5.75 Å².